The van der Waals surface area contributed by atoms with E-state index in [1.165, 1.54) is 0 Å². The molecule has 1 atom stereocenters. The van der Waals surface area contributed by atoms with Crippen molar-refractivity contribution in [2.75, 3.05) is 20.3 Å². The van der Waals surface area contributed by atoms with Gasteiger partial charge in [0.15, 0.2) is 11.3 Å². The van der Waals surface area contributed by atoms with Crippen LogP contribution in [0.25, 0.3) is 0 Å². The number of imide groups is 1. The van der Waals surface area contributed by atoms with Gasteiger partial charge in [0, 0.05) is 35.5 Å². The lowest BCUT2D eigenvalue weighted by Crippen LogP contribution is -2.47. The fraction of sp³-hybridized carbons (Fsp3) is 0.321. The van der Waals surface area contributed by atoms with Crippen molar-refractivity contribution in [3.63, 3.8) is 0 Å². The first kappa shape index (κ1) is 23.7. The van der Waals surface area contributed by atoms with Gasteiger partial charge in [0.1, 0.15) is 11.5 Å². The standard InChI is InChI=1S/C28H29N3O5/c1-18-16-22(19(2)30(18)14-12-20-8-10-21(35-3)11-9-20)24(32)17-31-26(33)28(29-27(31)34)13-15-36-25-7-5-4-6-23(25)28/h4-11,16H,12-15,17H2,1-3H3,(H,29,34). The molecule has 186 valence electrons. The van der Waals surface area contributed by atoms with Crippen LogP contribution in [0.4, 0.5) is 4.79 Å². The van der Waals surface area contributed by atoms with E-state index in [9.17, 15) is 14.4 Å². The summed E-state index contributed by atoms with van der Waals surface area (Å²) in [5.41, 5.74) is 2.90. The van der Waals surface area contributed by atoms with Crippen molar-refractivity contribution in [1.29, 1.82) is 0 Å². The normalized spacial score (nSPS) is 18.7. The molecule has 0 bridgehead atoms. The minimum absolute atomic E-state index is 0.264. The van der Waals surface area contributed by atoms with Gasteiger partial charge in [0.05, 0.1) is 20.3 Å². The lowest BCUT2D eigenvalue weighted by Gasteiger charge is -2.33. The fourth-order valence-electron chi connectivity index (χ4n) is 5.20. The molecule has 8 nitrogen and oxygen atoms in total. The molecule has 8 heteroatoms. The van der Waals surface area contributed by atoms with Crippen LogP contribution in [-0.2, 0) is 23.3 Å². The minimum Gasteiger partial charge on any atom is -0.497 e. The summed E-state index contributed by atoms with van der Waals surface area (Å²) in [6, 6.07) is 16.4. The second-order valence-corrected chi connectivity index (χ2v) is 9.28. The van der Waals surface area contributed by atoms with Crippen molar-refractivity contribution in [2.24, 2.45) is 0 Å². The highest BCUT2D eigenvalue weighted by atomic mass is 16.5. The zero-order valence-corrected chi connectivity index (χ0v) is 20.7. The summed E-state index contributed by atoms with van der Waals surface area (Å²) in [6.45, 7) is 4.56. The second kappa shape index (κ2) is 9.18. The first-order valence-corrected chi connectivity index (χ1v) is 12.0. The summed E-state index contributed by atoms with van der Waals surface area (Å²) < 4.78 is 13.0. The number of ether oxygens (including phenoxy) is 2. The third-order valence-electron chi connectivity index (χ3n) is 7.22. The molecule has 1 N–H and O–H groups in total. The topological polar surface area (TPSA) is 89.9 Å². The first-order valence-electron chi connectivity index (χ1n) is 12.0. The Balaban J connectivity index is 1.32. The molecule has 1 unspecified atom stereocenters. The average Bonchev–Trinajstić information content (AvgIpc) is 3.30. The van der Waals surface area contributed by atoms with Crippen LogP contribution in [0.2, 0.25) is 0 Å². The number of methoxy groups -OCH3 is 1. The number of Topliss-reactive ketones (excluding diaryl/α,β-unsaturated/α-hetero) is 1. The number of hydrogen-bond acceptors (Lipinski definition) is 5. The number of rotatable bonds is 7. The number of urea groups is 1. The van der Waals surface area contributed by atoms with Crippen LogP contribution in [-0.4, -0.2) is 47.4 Å². The van der Waals surface area contributed by atoms with Crippen LogP contribution in [0.3, 0.4) is 0 Å². The molecule has 2 aliphatic heterocycles. The van der Waals surface area contributed by atoms with Crippen LogP contribution < -0.4 is 14.8 Å². The second-order valence-electron chi connectivity index (χ2n) is 9.28. The Morgan fingerprint density at radius 1 is 1.11 bits per heavy atom. The molecule has 1 saturated heterocycles. The van der Waals surface area contributed by atoms with Gasteiger partial charge in [-0.3, -0.25) is 14.5 Å². The van der Waals surface area contributed by atoms with Crippen LogP contribution in [0.15, 0.2) is 54.6 Å². The number of carbonyl (C=O) groups is 3. The maximum Gasteiger partial charge on any atom is 0.325 e. The van der Waals surface area contributed by atoms with Crippen molar-refractivity contribution in [3.05, 3.63) is 82.7 Å². The number of carbonyl (C=O) groups excluding carboxylic acids is 3. The number of benzene rings is 2. The molecule has 3 heterocycles. The summed E-state index contributed by atoms with van der Waals surface area (Å²) in [5.74, 6) is 0.710. The van der Waals surface area contributed by atoms with E-state index in [-0.39, 0.29) is 12.3 Å². The van der Waals surface area contributed by atoms with Crippen molar-refractivity contribution in [2.45, 2.75) is 38.8 Å². The molecule has 0 radical (unpaired) electrons. The van der Waals surface area contributed by atoms with Crippen molar-refractivity contribution >= 4 is 17.7 Å². The number of aromatic nitrogens is 1. The van der Waals surface area contributed by atoms with Gasteiger partial charge in [0.2, 0.25) is 0 Å². The van der Waals surface area contributed by atoms with Crippen molar-refractivity contribution < 1.29 is 23.9 Å². The van der Waals surface area contributed by atoms with E-state index in [0.717, 1.165) is 34.0 Å². The molecule has 0 aliphatic carbocycles. The van der Waals surface area contributed by atoms with Gasteiger partial charge < -0.3 is 19.4 Å². The third kappa shape index (κ3) is 3.92. The molecule has 2 aliphatic rings. The summed E-state index contributed by atoms with van der Waals surface area (Å²) in [5, 5.41) is 2.85. The van der Waals surface area contributed by atoms with E-state index in [2.05, 4.69) is 9.88 Å². The highest BCUT2D eigenvalue weighted by Gasteiger charge is 2.55. The molecule has 1 fully saturated rings. The molecule has 3 amide bonds. The predicted octanol–water partition coefficient (Wildman–Crippen LogP) is 3.77. The summed E-state index contributed by atoms with van der Waals surface area (Å²) in [7, 11) is 1.64. The third-order valence-corrected chi connectivity index (χ3v) is 7.22. The van der Waals surface area contributed by atoms with Gasteiger partial charge in [-0.2, -0.15) is 0 Å². The van der Waals surface area contributed by atoms with Crippen LogP contribution in [0.5, 0.6) is 11.5 Å². The Kier molecular flexibility index (Phi) is 6.04. The Morgan fingerprint density at radius 2 is 1.86 bits per heavy atom. The van der Waals surface area contributed by atoms with E-state index in [1.807, 2.05) is 56.3 Å². The van der Waals surface area contributed by atoms with Crippen LogP contribution >= 0.6 is 0 Å². The number of nitrogens with zero attached hydrogens (tertiary/aromatic N) is 2. The molecule has 1 aromatic heterocycles. The van der Waals surface area contributed by atoms with E-state index >= 15 is 0 Å². The summed E-state index contributed by atoms with van der Waals surface area (Å²) >= 11 is 0. The van der Waals surface area contributed by atoms with Gasteiger partial charge in [-0.15, -0.1) is 0 Å². The van der Waals surface area contributed by atoms with Gasteiger partial charge in [-0.1, -0.05) is 30.3 Å². The van der Waals surface area contributed by atoms with Crippen molar-refractivity contribution in [1.82, 2.24) is 14.8 Å². The van der Waals surface area contributed by atoms with Crippen molar-refractivity contribution in [3.8, 4) is 11.5 Å². The lowest BCUT2D eigenvalue weighted by molar-refractivity contribution is -0.132. The molecular formula is C28H29N3O5. The molecule has 1 spiro atoms. The maximum atomic E-state index is 13.5. The minimum atomic E-state index is -1.19. The maximum absolute atomic E-state index is 13.5. The number of ketones is 1. The number of hydrogen-bond donors (Lipinski definition) is 1. The van der Waals surface area contributed by atoms with E-state index in [4.69, 9.17) is 9.47 Å². The molecule has 5 rings (SSSR count). The molecule has 3 aromatic rings. The lowest BCUT2D eigenvalue weighted by atomic mass is 9.84. The van der Waals surface area contributed by atoms with Gasteiger partial charge in [-0.05, 0) is 50.1 Å². The zero-order chi connectivity index (χ0) is 25.4. The van der Waals surface area contributed by atoms with Gasteiger partial charge in [0.25, 0.3) is 5.91 Å². The summed E-state index contributed by atoms with van der Waals surface area (Å²) in [4.78, 5) is 40.7. The highest BCUT2D eigenvalue weighted by Crippen LogP contribution is 2.41. The Labute approximate surface area is 209 Å². The molecule has 2 aromatic carbocycles. The number of fused-ring (bicyclic) bond motifs is 2. The van der Waals surface area contributed by atoms with E-state index in [0.29, 0.717) is 36.4 Å². The van der Waals surface area contributed by atoms with Gasteiger partial charge >= 0.3 is 6.03 Å². The van der Waals surface area contributed by atoms with E-state index in [1.54, 1.807) is 19.2 Å². The largest absolute Gasteiger partial charge is 0.497 e. The quantitative estimate of drug-likeness (QED) is 0.405. The fourth-order valence-corrected chi connectivity index (χ4v) is 5.20. The monoisotopic (exact) mass is 487 g/mol. The number of aryl methyl sites for hydroxylation is 2. The number of nitrogens with one attached hydrogen (secondary N) is 1. The number of para-hydroxylation sites is 1. The smallest absolute Gasteiger partial charge is 0.325 e. The summed E-state index contributed by atoms with van der Waals surface area (Å²) in [6.07, 6.45) is 1.12. The van der Waals surface area contributed by atoms with E-state index < -0.39 is 17.5 Å². The molecular weight excluding hydrogens is 458 g/mol. The first-order chi connectivity index (χ1) is 17.3. The van der Waals surface area contributed by atoms with Crippen LogP contribution in [0.1, 0.15) is 39.3 Å². The zero-order valence-electron chi connectivity index (χ0n) is 20.7. The predicted molar refractivity (Wildman–Crippen MR) is 133 cm³/mol. The molecule has 36 heavy (non-hydrogen) atoms. The Morgan fingerprint density at radius 3 is 2.61 bits per heavy atom. The molecule has 0 saturated carbocycles. The average molecular weight is 488 g/mol. The Hall–Kier alpha value is -4.07. The number of amides is 3. The van der Waals surface area contributed by atoms with Gasteiger partial charge in [-0.25, -0.2) is 4.79 Å². The highest BCUT2D eigenvalue weighted by molar-refractivity contribution is 6.12. The SMILES string of the molecule is COc1ccc(CCn2c(C)cc(C(=O)CN3C(=O)NC4(CCOc5ccccc54)C3=O)c2C)cc1. The Bertz CT molecular complexity index is 1340. The van der Waals surface area contributed by atoms with Crippen LogP contribution in [0, 0.1) is 13.8 Å².